The number of carbonyl (C=O) groups excluding carboxylic acids is 1. The average molecular weight is 139 g/mol. The zero-order chi connectivity index (χ0) is 8.36. The highest BCUT2D eigenvalue weighted by molar-refractivity contribution is 5.11. The lowest BCUT2D eigenvalue weighted by Gasteiger charge is -1.92. The monoisotopic (exact) mass is 139 g/mol. The number of hydrogen-bond acceptors (Lipinski definition) is 1. The zero-order valence-corrected chi connectivity index (χ0v) is 6.12. The molecular weight excluding hydrogens is 124 g/mol. The van der Waals surface area contributed by atoms with Gasteiger partial charge in [0.1, 0.15) is 8.14 Å². The minimum Gasteiger partial charge on any atom is -0.307 e. The van der Waals surface area contributed by atoms with Crippen LogP contribution in [0.1, 0.15) is 27.1 Å². The maximum atomic E-state index is 8.47. The van der Waals surface area contributed by atoms with E-state index in [4.69, 9.17) is 6.17 Å². The van der Waals surface area contributed by atoms with E-state index in [0.717, 1.165) is 0 Å². The molecule has 0 aromatic rings. The van der Waals surface area contributed by atoms with Crippen LogP contribution in [0, 0.1) is 0 Å². The highest BCUT2D eigenvalue weighted by Crippen LogP contribution is 2.02. The molecule has 0 saturated carbocycles. The molecule has 10 heavy (non-hydrogen) atoms. The van der Waals surface area contributed by atoms with Gasteiger partial charge in [-0.3, -0.25) is 0 Å². The van der Waals surface area contributed by atoms with Gasteiger partial charge in [-0.15, -0.1) is 0 Å². The Morgan fingerprint density at radius 2 is 1.20 bits per heavy atom. The van der Waals surface area contributed by atoms with Crippen LogP contribution >= 0.6 is 0 Å². The van der Waals surface area contributed by atoms with Crippen molar-refractivity contribution >= 4 is 6.77 Å². The number of rotatable bonds is 0. The summed E-state index contributed by atoms with van der Waals surface area (Å²) in [7, 11) is 0. The maximum absolute atomic E-state index is 8.47. The Morgan fingerprint density at radius 1 is 1.00 bits per heavy atom. The van der Waals surface area contributed by atoms with Crippen LogP contribution in [0.2, 0.25) is 0 Å². The fraction of sp³-hybridized carbons (Fsp3) is 0.444. The molecule has 0 aromatic carbocycles. The number of allylic oxidation sites excluding steroid dienone is 4. The maximum Gasteiger partial charge on any atom is 0.106 e. The van der Waals surface area contributed by atoms with Gasteiger partial charge in [0.25, 0.3) is 0 Å². The van der Waals surface area contributed by atoms with Gasteiger partial charge in [-0.05, 0) is 25.7 Å². The van der Waals surface area contributed by atoms with E-state index >= 15 is 0 Å². The van der Waals surface area contributed by atoms with Crippen LogP contribution in [-0.2, 0) is 4.79 Å². The third-order valence-electron chi connectivity index (χ3n) is 1.33. The first kappa shape index (κ1) is 7.26. The molecule has 0 aromatic heterocycles. The van der Waals surface area contributed by atoms with Gasteiger partial charge in [0.05, 0.1) is 0 Å². The molecule has 0 heterocycles. The molecule has 0 unspecified atom stereocenters. The van der Waals surface area contributed by atoms with E-state index in [1.807, 2.05) is 0 Å². The average Bonchev–Trinajstić information content (AvgIpc) is 1.86. The molecule has 0 aliphatic heterocycles. The minimum atomic E-state index is 0. The molecule has 0 radical (unpaired) electrons. The quantitative estimate of drug-likeness (QED) is 0.471. The van der Waals surface area contributed by atoms with Crippen LogP contribution in [0.15, 0.2) is 24.3 Å². The normalized spacial score (nSPS) is 20.6. The number of hydrogen-bond donors (Lipinski definition) is 0. The van der Waals surface area contributed by atoms with Crippen molar-refractivity contribution in [2.75, 3.05) is 0 Å². The Bertz CT molecular complexity index is 112. The van der Waals surface area contributed by atoms with Crippen LogP contribution in [0.25, 0.3) is 0 Å². The van der Waals surface area contributed by atoms with Crippen molar-refractivity contribution < 1.29 is 6.17 Å². The van der Waals surface area contributed by atoms with E-state index in [9.17, 15) is 0 Å². The van der Waals surface area contributed by atoms with Gasteiger partial charge >= 0.3 is 0 Å². The molecule has 1 heteroatoms. The Hall–Kier alpha value is -0.850. The fourth-order valence-electron chi connectivity index (χ4n) is 0.856. The predicted molar refractivity (Wildman–Crippen MR) is 43.9 cm³/mol. The molecule has 1 nitrogen and oxygen atoms in total. The predicted octanol–water partition coefficient (Wildman–Crippen LogP) is 2.49. The van der Waals surface area contributed by atoms with Gasteiger partial charge < -0.3 is 4.79 Å². The molecule has 0 atom stereocenters. The van der Waals surface area contributed by atoms with Crippen molar-refractivity contribution in [3.05, 3.63) is 24.3 Å². The molecule has 0 saturated heterocycles. The van der Waals surface area contributed by atoms with Gasteiger partial charge in [0, 0.05) is 0 Å². The Labute approximate surface area is 63.8 Å². The Balaban J connectivity index is 0.000000292. The standard InChI is InChI=1S/C8H12.CH2O/c1-2-4-6-8-7-5-3-1;1-2/h1-2,7-8H,3-6H2;1H2/b2-1-,8-7?;/i;1D. The first-order chi connectivity index (χ1) is 5.41. The van der Waals surface area contributed by atoms with Crippen molar-refractivity contribution in [2.24, 2.45) is 0 Å². The summed E-state index contributed by atoms with van der Waals surface area (Å²) in [6.45, 7) is 0. The van der Waals surface area contributed by atoms with Gasteiger partial charge in [0.15, 0.2) is 0 Å². The molecule has 0 N–H and O–H groups in total. The molecule has 1 aliphatic carbocycles. The molecule has 0 amide bonds. The van der Waals surface area contributed by atoms with Crippen LogP contribution in [0.4, 0.5) is 0 Å². The molecule has 56 valence electrons. The highest BCUT2D eigenvalue weighted by Gasteiger charge is 1.81. The molecule has 0 bridgehead atoms. The van der Waals surface area contributed by atoms with E-state index in [-0.39, 0.29) is 6.77 Å². The van der Waals surface area contributed by atoms with Crippen molar-refractivity contribution in [2.45, 2.75) is 25.7 Å². The van der Waals surface area contributed by atoms with Crippen molar-refractivity contribution in [3.63, 3.8) is 0 Å². The highest BCUT2D eigenvalue weighted by atomic mass is 16.1. The second-order valence-electron chi connectivity index (χ2n) is 2.10. The number of carbonyl (C=O) groups is 1. The topological polar surface area (TPSA) is 17.1 Å². The summed E-state index contributed by atoms with van der Waals surface area (Å²) in [4.78, 5) is 8.47. The van der Waals surface area contributed by atoms with Crippen molar-refractivity contribution in [3.8, 4) is 0 Å². The molecular formula is C9H14O. The molecule has 0 spiro atoms. The molecule has 1 aliphatic rings. The second kappa shape index (κ2) is 8.15. The molecule has 1 rings (SSSR count). The summed E-state index contributed by atoms with van der Waals surface area (Å²) in [5.41, 5.74) is 0. The molecule has 0 fully saturated rings. The lowest BCUT2D eigenvalue weighted by atomic mass is 10.1. The first-order valence-corrected chi connectivity index (χ1v) is 3.54. The van der Waals surface area contributed by atoms with E-state index in [1.54, 1.807) is 0 Å². The lowest BCUT2D eigenvalue weighted by molar-refractivity contribution is -0.0979. The van der Waals surface area contributed by atoms with Gasteiger partial charge in [-0.2, -0.15) is 0 Å². The van der Waals surface area contributed by atoms with E-state index in [1.165, 1.54) is 25.7 Å². The van der Waals surface area contributed by atoms with Crippen LogP contribution in [-0.4, -0.2) is 6.77 Å². The Morgan fingerprint density at radius 3 is 1.40 bits per heavy atom. The fourth-order valence-corrected chi connectivity index (χ4v) is 0.856. The second-order valence-corrected chi connectivity index (χ2v) is 2.10. The van der Waals surface area contributed by atoms with E-state index in [0.29, 0.717) is 0 Å². The largest absolute Gasteiger partial charge is 0.307 e. The van der Waals surface area contributed by atoms with E-state index < -0.39 is 0 Å². The first-order valence-electron chi connectivity index (χ1n) is 4.11. The van der Waals surface area contributed by atoms with Gasteiger partial charge in [-0.25, -0.2) is 0 Å². The van der Waals surface area contributed by atoms with E-state index in [2.05, 4.69) is 24.3 Å². The summed E-state index contributed by atoms with van der Waals surface area (Å²) < 4.78 is 5.53. The van der Waals surface area contributed by atoms with Crippen molar-refractivity contribution in [1.29, 1.82) is 0 Å². The van der Waals surface area contributed by atoms with Crippen LogP contribution < -0.4 is 0 Å². The smallest absolute Gasteiger partial charge is 0.106 e. The lowest BCUT2D eigenvalue weighted by Crippen LogP contribution is -1.71. The Kier molecular flexibility index (Phi) is 5.92. The van der Waals surface area contributed by atoms with Crippen LogP contribution in [0.3, 0.4) is 0 Å². The van der Waals surface area contributed by atoms with Crippen LogP contribution in [0.5, 0.6) is 0 Å². The summed E-state index contributed by atoms with van der Waals surface area (Å²) >= 11 is 0. The summed E-state index contributed by atoms with van der Waals surface area (Å²) in [6.07, 6.45) is 14.0. The SMILES string of the molecule is C1=CCC/C=C\CC1.[2H]C=O. The van der Waals surface area contributed by atoms with Gasteiger partial charge in [-0.1, -0.05) is 24.3 Å². The summed E-state index contributed by atoms with van der Waals surface area (Å²) in [5, 5.41) is 0. The van der Waals surface area contributed by atoms with Crippen molar-refractivity contribution in [1.82, 2.24) is 0 Å². The zero-order valence-electron chi connectivity index (χ0n) is 7.12. The minimum absolute atomic E-state index is 0. The summed E-state index contributed by atoms with van der Waals surface area (Å²) in [6, 6.07) is 0. The third-order valence-corrected chi connectivity index (χ3v) is 1.33. The summed E-state index contributed by atoms with van der Waals surface area (Å²) in [5.74, 6) is 0. The van der Waals surface area contributed by atoms with Gasteiger partial charge in [0.2, 0.25) is 0 Å². The third kappa shape index (κ3) is 5.29.